The van der Waals surface area contributed by atoms with Gasteiger partial charge in [0.2, 0.25) is 0 Å². The van der Waals surface area contributed by atoms with Crippen molar-refractivity contribution < 1.29 is 0 Å². The van der Waals surface area contributed by atoms with E-state index in [9.17, 15) is 0 Å². The lowest BCUT2D eigenvalue weighted by molar-refractivity contribution is 0.644. The van der Waals surface area contributed by atoms with Crippen molar-refractivity contribution in [1.29, 1.82) is 0 Å². The zero-order chi connectivity index (χ0) is 12.4. The van der Waals surface area contributed by atoms with E-state index in [0.717, 1.165) is 27.4 Å². The molecule has 0 aliphatic rings. The van der Waals surface area contributed by atoms with Gasteiger partial charge in [-0.1, -0.05) is 0 Å². The smallest absolute Gasteiger partial charge is 0.144 e. The lowest BCUT2D eigenvalue weighted by Gasteiger charge is -2.04. The molecule has 2 aromatic heterocycles. The summed E-state index contributed by atoms with van der Waals surface area (Å²) < 4.78 is 2.97. The van der Waals surface area contributed by atoms with Crippen LogP contribution in [0.2, 0.25) is 0 Å². The van der Waals surface area contributed by atoms with Crippen LogP contribution >= 0.6 is 15.9 Å². The quantitative estimate of drug-likeness (QED) is 0.943. The lowest BCUT2D eigenvalue weighted by atomic mass is 10.4. The minimum Gasteiger partial charge on any atom is -0.372 e. The van der Waals surface area contributed by atoms with Crippen LogP contribution in [0.5, 0.6) is 0 Å². The van der Waals surface area contributed by atoms with Gasteiger partial charge >= 0.3 is 0 Å². The summed E-state index contributed by atoms with van der Waals surface area (Å²) in [6, 6.07) is 0. The molecule has 0 aliphatic carbocycles. The molecule has 17 heavy (non-hydrogen) atoms. The van der Waals surface area contributed by atoms with Gasteiger partial charge in [-0.2, -0.15) is 5.10 Å². The third-order valence-corrected chi connectivity index (χ3v) is 3.71. The monoisotopic (exact) mass is 295 g/mol. The molecule has 5 nitrogen and oxygen atoms in total. The average molecular weight is 296 g/mol. The molecule has 6 heteroatoms. The largest absolute Gasteiger partial charge is 0.372 e. The molecule has 1 N–H and O–H groups in total. The summed E-state index contributed by atoms with van der Waals surface area (Å²) in [6.45, 7) is 4.64. The summed E-state index contributed by atoms with van der Waals surface area (Å²) >= 11 is 3.51. The molecule has 2 aromatic rings. The van der Waals surface area contributed by atoms with Crippen molar-refractivity contribution in [1.82, 2.24) is 19.7 Å². The standard InChI is InChI=1S/C11H14BrN5/c1-7-11(12)8(2)17(16-7)6-9-4-15-10(13-3)5-14-9/h4-5H,6H2,1-3H3,(H,13,15). The minimum atomic E-state index is 0.634. The van der Waals surface area contributed by atoms with Crippen LogP contribution in [0.4, 0.5) is 5.82 Å². The third kappa shape index (κ3) is 2.46. The molecule has 0 saturated carbocycles. The van der Waals surface area contributed by atoms with Crippen LogP contribution < -0.4 is 5.32 Å². The van der Waals surface area contributed by atoms with Gasteiger partial charge in [0, 0.05) is 7.05 Å². The Hall–Kier alpha value is -1.43. The van der Waals surface area contributed by atoms with E-state index in [0.29, 0.717) is 6.54 Å². The summed E-state index contributed by atoms with van der Waals surface area (Å²) in [5.41, 5.74) is 2.98. The molecular weight excluding hydrogens is 282 g/mol. The molecule has 0 fully saturated rings. The second-order valence-corrected chi connectivity index (χ2v) is 4.58. The van der Waals surface area contributed by atoms with Crippen LogP contribution in [-0.4, -0.2) is 26.8 Å². The van der Waals surface area contributed by atoms with E-state index >= 15 is 0 Å². The number of hydrogen-bond acceptors (Lipinski definition) is 4. The average Bonchev–Trinajstić information content (AvgIpc) is 2.58. The number of anilines is 1. The van der Waals surface area contributed by atoms with E-state index in [1.54, 1.807) is 12.4 Å². The highest BCUT2D eigenvalue weighted by Crippen LogP contribution is 2.20. The minimum absolute atomic E-state index is 0.634. The maximum Gasteiger partial charge on any atom is 0.144 e. The number of halogens is 1. The van der Waals surface area contributed by atoms with E-state index in [-0.39, 0.29) is 0 Å². The molecule has 0 aliphatic heterocycles. The van der Waals surface area contributed by atoms with Gasteiger partial charge in [-0.3, -0.25) is 9.67 Å². The number of rotatable bonds is 3. The molecule has 90 valence electrons. The van der Waals surface area contributed by atoms with Gasteiger partial charge in [0.15, 0.2) is 0 Å². The summed E-state index contributed by atoms with van der Waals surface area (Å²) in [5.74, 6) is 0.767. The van der Waals surface area contributed by atoms with Crippen LogP contribution in [0, 0.1) is 13.8 Å². The van der Waals surface area contributed by atoms with Crippen molar-refractivity contribution in [3.8, 4) is 0 Å². The van der Waals surface area contributed by atoms with Crippen molar-refractivity contribution in [2.24, 2.45) is 0 Å². The van der Waals surface area contributed by atoms with E-state index in [2.05, 4.69) is 36.3 Å². The van der Waals surface area contributed by atoms with Crippen molar-refractivity contribution in [2.45, 2.75) is 20.4 Å². The SMILES string of the molecule is CNc1cnc(Cn2nc(C)c(Br)c2C)cn1. The number of aryl methyl sites for hydroxylation is 1. The zero-order valence-electron chi connectivity index (χ0n) is 10.0. The zero-order valence-corrected chi connectivity index (χ0v) is 11.6. The van der Waals surface area contributed by atoms with E-state index in [1.165, 1.54) is 0 Å². The fraction of sp³-hybridized carbons (Fsp3) is 0.364. The van der Waals surface area contributed by atoms with Gasteiger partial charge in [0.1, 0.15) is 5.82 Å². The van der Waals surface area contributed by atoms with Gasteiger partial charge in [-0.25, -0.2) is 4.98 Å². The first kappa shape index (κ1) is 12.0. The molecule has 0 spiro atoms. The highest BCUT2D eigenvalue weighted by Gasteiger charge is 2.09. The van der Waals surface area contributed by atoms with Crippen molar-refractivity contribution in [3.05, 3.63) is 33.9 Å². The molecule has 0 unspecified atom stereocenters. The molecule has 0 saturated heterocycles. The Morgan fingerprint density at radius 3 is 2.53 bits per heavy atom. The van der Waals surface area contributed by atoms with Crippen LogP contribution in [-0.2, 0) is 6.54 Å². The second-order valence-electron chi connectivity index (χ2n) is 3.79. The van der Waals surface area contributed by atoms with Gasteiger partial charge in [-0.05, 0) is 29.8 Å². The molecule has 0 aromatic carbocycles. The van der Waals surface area contributed by atoms with Crippen molar-refractivity contribution in [2.75, 3.05) is 12.4 Å². The third-order valence-electron chi connectivity index (χ3n) is 2.57. The van der Waals surface area contributed by atoms with Crippen molar-refractivity contribution >= 4 is 21.7 Å². The summed E-state index contributed by atoms with van der Waals surface area (Å²) in [7, 11) is 1.82. The molecule has 0 radical (unpaired) electrons. The predicted octanol–water partition coefficient (Wildman–Crippen LogP) is 2.14. The Bertz CT molecular complexity index is 517. The Kier molecular flexibility index (Phi) is 3.42. The number of aromatic nitrogens is 4. The topological polar surface area (TPSA) is 55.6 Å². The second kappa shape index (κ2) is 4.83. The fourth-order valence-corrected chi connectivity index (χ4v) is 1.83. The summed E-state index contributed by atoms with van der Waals surface area (Å²) in [6.07, 6.45) is 3.48. The van der Waals surface area contributed by atoms with E-state index in [4.69, 9.17) is 0 Å². The Morgan fingerprint density at radius 1 is 1.29 bits per heavy atom. The number of nitrogens with one attached hydrogen (secondary N) is 1. The Morgan fingerprint density at radius 2 is 2.06 bits per heavy atom. The van der Waals surface area contributed by atoms with Crippen molar-refractivity contribution in [3.63, 3.8) is 0 Å². The highest BCUT2D eigenvalue weighted by molar-refractivity contribution is 9.10. The summed E-state index contributed by atoms with van der Waals surface area (Å²) in [5, 5.41) is 7.37. The molecular formula is C11H14BrN5. The number of nitrogens with zero attached hydrogens (tertiary/aromatic N) is 4. The number of hydrogen-bond donors (Lipinski definition) is 1. The van der Waals surface area contributed by atoms with E-state index in [1.807, 2.05) is 25.6 Å². The van der Waals surface area contributed by atoms with Gasteiger partial charge in [-0.15, -0.1) is 0 Å². The van der Waals surface area contributed by atoms with Crippen LogP contribution in [0.25, 0.3) is 0 Å². The molecule has 2 heterocycles. The first-order chi connectivity index (χ1) is 8.11. The molecule has 0 bridgehead atoms. The summed E-state index contributed by atoms with van der Waals surface area (Å²) in [4.78, 5) is 8.55. The molecule has 0 amide bonds. The predicted molar refractivity (Wildman–Crippen MR) is 70.1 cm³/mol. The van der Waals surface area contributed by atoms with E-state index < -0.39 is 0 Å². The first-order valence-electron chi connectivity index (χ1n) is 5.30. The van der Waals surface area contributed by atoms with Gasteiger partial charge in [0.05, 0.1) is 40.5 Å². The lowest BCUT2D eigenvalue weighted by Crippen LogP contribution is -2.06. The highest BCUT2D eigenvalue weighted by atomic mass is 79.9. The fourth-order valence-electron chi connectivity index (χ4n) is 1.55. The van der Waals surface area contributed by atoms with Gasteiger partial charge < -0.3 is 5.32 Å². The first-order valence-corrected chi connectivity index (χ1v) is 6.09. The Labute approximate surface area is 108 Å². The maximum atomic E-state index is 4.43. The maximum absolute atomic E-state index is 4.43. The van der Waals surface area contributed by atoms with Crippen LogP contribution in [0.1, 0.15) is 17.1 Å². The molecule has 2 rings (SSSR count). The van der Waals surface area contributed by atoms with Gasteiger partial charge in [0.25, 0.3) is 0 Å². The normalized spacial score (nSPS) is 10.6. The van der Waals surface area contributed by atoms with Crippen LogP contribution in [0.15, 0.2) is 16.9 Å². The van der Waals surface area contributed by atoms with Crippen LogP contribution in [0.3, 0.4) is 0 Å². The molecule has 0 atom stereocenters. The Balaban J connectivity index is 2.22.